The number of ether oxygens (including phenoxy) is 1. The number of alkyl halides is 3. The van der Waals surface area contributed by atoms with Crippen molar-refractivity contribution in [2.45, 2.75) is 31.0 Å². The van der Waals surface area contributed by atoms with Gasteiger partial charge >= 0.3 is 6.36 Å². The molecular weight excluding hydrogens is 415 g/mol. The Morgan fingerprint density at radius 1 is 1.03 bits per heavy atom. The van der Waals surface area contributed by atoms with Crippen molar-refractivity contribution in [3.05, 3.63) is 81.2 Å². The number of Topliss-reactive ketones (excluding diaryl/α,β-unsaturated/α-hetero) is 1. The maximum absolute atomic E-state index is 13.2. The molecule has 0 bridgehead atoms. The first-order chi connectivity index (χ1) is 14.8. The molecule has 0 fully saturated rings. The van der Waals surface area contributed by atoms with Gasteiger partial charge in [-0.2, -0.15) is 0 Å². The third-order valence-electron chi connectivity index (χ3n) is 5.57. The van der Waals surface area contributed by atoms with Gasteiger partial charge in [-0.15, -0.1) is 13.2 Å². The molecule has 1 aliphatic heterocycles. The number of nitrogens with one attached hydrogen (secondary N) is 3. The summed E-state index contributed by atoms with van der Waals surface area (Å²) in [7, 11) is 0. The van der Waals surface area contributed by atoms with Gasteiger partial charge in [0, 0.05) is 29.5 Å². The maximum Gasteiger partial charge on any atom is 0.573 e. The van der Waals surface area contributed by atoms with Crippen molar-refractivity contribution in [1.82, 2.24) is 10.2 Å². The van der Waals surface area contributed by atoms with E-state index >= 15 is 0 Å². The van der Waals surface area contributed by atoms with Crippen LogP contribution in [0.3, 0.4) is 0 Å². The van der Waals surface area contributed by atoms with Crippen LogP contribution in [0, 0.1) is 0 Å². The minimum atomic E-state index is -4.81. The minimum Gasteiger partial charge on any atom is -0.469 e. The van der Waals surface area contributed by atoms with E-state index < -0.39 is 17.8 Å². The van der Waals surface area contributed by atoms with Gasteiger partial charge in [0.2, 0.25) is 0 Å². The second kappa shape index (κ2) is 6.93. The number of benzene rings is 1. The Hall–Kier alpha value is -3.69. The first-order valence-electron chi connectivity index (χ1n) is 9.53. The molecule has 2 aliphatic rings. The highest BCUT2D eigenvalue weighted by molar-refractivity contribution is 6.01. The Morgan fingerprint density at radius 3 is 2.48 bits per heavy atom. The minimum absolute atomic E-state index is 0.149. The van der Waals surface area contributed by atoms with Crippen LogP contribution in [-0.4, -0.2) is 22.3 Å². The van der Waals surface area contributed by atoms with Crippen LogP contribution in [0.2, 0.25) is 0 Å². The average molecular weight is 431 g/mol. The summed E-state index contributed by atoms with van der Waals surface area (Å²) in [6, 6.07) is 8.78. The number of ketones is 1. The van der Waals surface area contributed by atoms with E-state index in [1.165, 1.54) is 24.3 Å². The van der Waals surface area contributed by atoms with E-state index in [1.807, 2.05) is 6.07 Å². The van der Waals surface area contributed by atoms with Gasteiger partial charge in [0.15, 0.2) is 5.78 Å². The van der Waals surface area contributed by atoms with Crippen molar-refractivity contribution in [3.63, 3.8) is 0 Å². The van der Waals surface area contributed by atoms with Gasteiger partial charge in [-0.05, 0) is 36.2 Å². The molecule has 5 rings (SSSR count). The number of rotatable bonds is 3. The summed E-state index contributed by atoms with van der Waals surface area (Å²) in [5.74, 6) is -0.273. The molecule has 10 heteroatoms. The largest absolute Gasteiger partial charge is 0.573 e. The summed E-state index contributed by atoms with van der Waals surface area (Å²) >= 11 is 0. The van der Waals surface area contributed by atoms with E-state index in [4.69, 9.17) is 4.42 Å². The lowest BCUT2D eigenvalue weighted by molar-refractivity contribution is -0.274. The number of H-pyrrole nitrogens is 2. The van der Waals surface area contributed by atoms with E-state index in [1.54, 1.807) is 12.3 Å². The molecule has 1 aliphatic carbocycles. The molecule has 1 aromatic carbocycles. The third-order valence-corrected chi connectivity index (χ3v) is 5.57. The number of allylic oxidation sites excluding steroid dienone is 2. The molecule has 3 aromatic rings. The number of carbonyl (C=O) groups excluding carboxylic acids is 1. The SMILES string of the molecule is O=C1C[C@H](c2ccco2)CC2=C1[C@@H](c1ccc(OC(F)(F)F)cc1)c1c([nH][nH]c1=O)N2. The summed E-state index contributed by atoms with van der Waals surface area (Å²) in [5, 5.41) is 8.43. The fourth-order valence-corrected chi connectivity index (χ4v) is 4.34. The van der Waals surface area contributed by atoms with Gasteiger partial charge in [0.1, 0.15) is 17.3 Å². The highest BCUT2D eigenvalue weighted by Crippen LogP contribution is 2.46. The summed E-state index contributed by atoms with van der Waals surface area (Å²) in [5.41, 5.74) is 1.51. The lowest BCUT2D eigenvalue weighted by Crippen LogP contribution is -2.31. The number of halogens is 3. The second-order valence-corrected chi connectivity index (χ2v) is 7.48. The van der Waals surface area contributed by atoms with E-state index in [0.717, 1.165) is 0 Å². The topological polar surface area (TPSA) is 100 Å². The van der Waals surface area contributed by atoms with Gasteiger partial charge < -0.3 is 14.5 Å². The molecule has 3 N–H and O–H groups in total. The third kappa shape index (κ3) is 3.43. The van der Waals surface area contributed by atoms with E-state index in [-0.39, 0.29) is 23.9 Å². The van der Waals surface area contributed by atoms with Crippen molar-refractivity contribution in [2.75, 3.05) is 5.32 Å². The lowest BCUT2D eigenvalue weighted by atomic mass is 9.73. The Balaban J connectivity index is 1.57. The van der Waals surface area contributed by atoms with Crippen LogP contribution >= 0.6 is 0 Å². The molecule has 0 saturated heterocycles. The Kier molecular flexibility index (Phi) is 4.31. The molecule has 0 amide bonds. The predicted octanol–water partition coefficient (Wildman–Crippen LogP) is 4.15. The van der Waals surface area contributed by atoms with Crippen molar-refractivity contribution in [1.29, 1.82) is 0 Å². The molecule has 0 radical (unpaired) electrons. The van der Waals surface area contributed by atoms with Gasteiger partial charge in [0.25, 0.3) is 5.56 Å². The van der Waals surface area contributed by atoms with Gasteiger partial charge in [-0.3, -0.25) is 19.8 Å². The number of hydrogen-bond donors (Lipinski definition) is 3. The Bertz CT molecular complexity index is 1220. The van der Waals surface area contributed by atoms with Crippen molar-refractivity contribution in [3.8, 4) is 5.75 Å². The molecule has 0 saturated carbocycles. The van der Waals surface area contributed by atoms with Gasteiger partial charge in [-0.25, -0.2) is 0 Å². The van der Waals surface area contributed by atoms with E-state index in [2.05, 4.69) is 20.3 Å². The fraction of sp³-hybridized carbons (Fsp3) is 0.238. The lowest BCUT2D eigenvalue weighted by Gasteiger charge is -2.34. The monoisotopic (exact) mass is 431 g/mol. The highest BCUT2D eigenvalue weighted by atomic mass is 19.4. The zero-order valence-electron chi connectivity index (χ0n) is 15.9. The Labute approximate surface area is 172 Å². The van der Waals surface area contributed by atoms with Crippen molar-refractivity contribution < 1.29 is 27.1 Å². The zero-order chi connectivity index (χ0) is 21.8. The standard InChI is InChI=1S/C21H16F3N3O4/c22-21(23,24)31-12-5-3-10(4-6-12)16-17-13(25-19-18(16)20(29)27-26-19)8-11(9-14(17)28)15-2-1-7-30-15/h1-7,11,16H,8-9H2,(H3,25,26,27,29)/t11-,16-/m1/s1. The van der Waals surface area contributed by atoms with Crippen LogP contribution in [0.1, 0.15) is 41.6 Å². The highest BCUT2D eigenvalue weighted by Gasteiger charge is 2.41. The molecule has 7 nitrogen and oxygen atoms in total. The molecule has 0 spiro atoms. The van der Waals surface area contributed by atoms with Gasteiger partial charge in [0.05, 0.1) is 11.8 Å². The van der Waals surface area contributed by atoms with Gasteiger partial charge in [-0.1, -0.05) is 12.1 Å². The summed E-state index contributed by atoms with van der Waals surface area (Å²) in [6.45, 7) is 0. The molecule has 2 aromatic heterocycles. The van der Waals surface area contributed by atoms with Crippen LogP contribution in [-0.2, 0) is 4.79 Å². The van der Waals surface area contributed by atoms with Crippen molar-refractivity contribution >= 4 is 11.6 Å². The molecule has 31 heavy (non-hydrogen) atoms. The van der Waals surface area contributed by atoms with Crippen LogP contribution in [0.4, 0.5) is 19.0 Å². The smallest absolute Gasteiger partial charge is 0.469 e. The van der Waals surface area contributed by atoms with Crippen LogP contribution < -0.4 is 15.6 Å². The van der Waals surface area contributed by atoms with Crippen molar-refractivity contribution in [2.24, 2.45) is 0 Å². The quantitative estimate of drug-likeness (QED) is 0.579. The molecule has 0 unspecified atom stereocenters. The number of aromatic amines is 2. The summed E-state index contributed by atoms with van der Waals surface area (Å²) < 4.78 is 46.9. The maximum atomic E-state index is 13.2. The fourth-order valence-electron chi connectivity index (χ4n) is 4.34. The number of hydrogen-bond acceptors (Lipinski definition) is 5. The number of furan rings is 1. The number of aromatic nitrogens is 2. The zero-order valence-corrected chi connectivity index (χ0v) is 15.9. The number of fused-ring (bicyclic) bond motifs is 1. The number of anilines is 1. The van der Waals surface area contributed by atoms with Crippen LogP contribution in [0.5, 0.6) is 5.75 Å². The van der Waals surface area contributed by atoms with E-state index in [9.17, 15) is 22.8 Å². The molecule has 160 valence electrons. The summed E-state index contributed by atoms with van der Waals surface area (Å²) in [6.07, 6.45) is -2.56. The van der Waals surface area contributed by atoms with E-state index in [0.29, 0.717) is 40.4 Å². The average Bonchev–Trinajstić information content (AvgIpc) is 3.36. The first-order valence-corrected chi connectivity index (χ1v) is 9.53. The summed E-state index contributed by atoms with van der Waals surface area (Å²) in [4.78, 5) is 25.7. The first kappa shape index (κ1) is 19.3. The normalized spacial score (nSPS) is 20.8. The Morgan fingerprint density at radius 2 is 1.81 bits per heavy atom. The molecule has 2 atom stereocenters. The number of carbonyl (C=O) groups is 1. The predicted molar refractivity (Wildman–Crippen MR) is 103 cm³/mol. The molecular formula is C21H16F3N3O4. The molecule has 3 heterocycles. The second-order valence-electron chi connectivity index (χ2n) is 7.48. The van der Waals surface area contributed by atoms with Crippen LogP contribution in [0.15, 0.2) is 63.1 Å². The van der Waals surface area contributed by atoms with Crippen LogP contribution in [0.25, 0.3) is 0 Å².